The molecule has 0 aliphatic heterocycles. The molecule has 0 spiro atoms. The maximum Gasteiger partial charge on any atom is 0.326 e. The fourth-order valence-corrected chi connectivity index (χ4v) is 3.88. The van der Waals surface area contributed by atoms with Crippen LogP contribution in [0.3, 0.4) is 0 Å². The third kappa shape index (κ3) is 2.55. The summed E-state index contributed by atoms with van der Waals surface area (Å²) in [5.41, 5.74) is 2.51. The van der Waals surface area contributed by atoms with Crippen LogP contribution in [-0.2, 0) is 7.05 Å². The van der Waals surface area contributed by atoms with E-state index >= 15 is 0 Å². The molecule has 0 aliphatic rings. The van der Waals surface area contributed by atoms with Crippen LogP contribution >= 0.6 is 22.7 Å². The maximum absolute atomic E-state index is 12.4. The zero-order valence-corrected chi connectivity index (χ0v) is 14.2. The summed E-state index contributed by atoms with van der Waals surface area (Å²) in [6.07, 6.45) is 0. The second-order valence-corrected chi connectivity index (χ2v) is 7.00. The van der Waals surface area contributed by atoms with E-state index in [-0.39, 0.29) is 11.6 Å². The number of rotatable bonds is 3. The molecule has 24 heavy (non-hydrogen) atoms. The fraction of sp³-hybridized carbons (Fsp3) is 0.0625. The zero-order valence-electron chi connectivity index (χ0n) is 12.6. The van der Waals surface area contributed by atoms with Crippen molar-refractivity contribution >= 4 is 44.7 Å². The summed E-state index contributed by atoms with van der Waals surface area (Å²) in [6, 6.07) is 9.07. The molecule has 4 rings (SSSR count). The number of aromatic nitrogens is 3. The van der Waals surface area contributed by atoms with E-state index in [1.165, 1.54) is 15.9 Å². The molecule has 2 N–H and O–H groups in total. The topological polar surface area (TPSA) is 79.8 Å². The molecule has 4 aromatic rings. The molecule has 6 nitrogen and oxygen atoms in total. The number of carbonyl (C=O) groups is 1. The number of aromatic amines is 1. The molecule has 120 valence electrons. The summed E-state index contributed by atoms with van der Waals surface area (Å²) in [4.78, 5) is 32.3. The average molecular weight is 356 g/mol. The number of hydrogen-bond donors (Lipinski definition) is 2. The Hall–Kier alpha value is -2.71. The molecule has 1 amide bonds. The summed E-state index contributed by atoms with van der Waals surface area (Å²) >= 11 is 2.99. The number of nitrogens with zero attached hydrogens (tertiary/aromatic N) is 2. The van der Waals surface area contributed by atoms with Gasteiger partial charge in [0, 0.05) is 18.0 Å². The molecule has 0 aliphatic carbocycles. The van der Waals surface area contributed by atoms with Crippen molar-refractivity contribution < 1.29 is 4.79 Å². The van der Waals surface area contributed by atoms with Gasteiger partial charge in [0.05, 0.1) is 21.6 Å². The molecular weight excluding hydrogens is 344 g/mol. The molecule has 3 heterocycles. The minimum atomic E-state index is -0.256. The minimum absolute atomic E-state index is 0.205. The lowest BCUT2D eigenvalue weighted by atomic mass is 10.2. The van der Waals surface area contributed by atoms with Gasteiger partial charge >= 0.3 is 5.69 Å². The third-order valence-corrected chi connectivity index (χ3v) is 5.31. The largest absolute Gasteiger partial charge is 0.326 e. The first kappa shape index (κ1) is 14.9. The molecule has 0 bridgehead atoms. The van der Waals surface area contributed by atoms with Crippen LogP contribution in [0, 0.1) is 0 Å². The van der Waals surface area contributed by atoms with Crippen LogP contribution in [-0.4, -0.2) is 20.4 Å². The fourth-order valence-electron chi connectivity index (χ4n) is 2.42. The van der Waals surface area contributed by atoms with E-state index in [0.29, 0.717) is 16.2 Å². The number of imidazole rings is 1. The summed E-state index contributed by atoms with van der Waals surface area (Å²) in [5, 5.41) is 7.25. The predicted octanol–water partition coefficient (Wildman–Crippen LogP) is 3.30. The number of carbonyl (C=O) groups excluding carboxylic acids is 1. The van der Waals surface area contributed by atoms with Crippen molar-refractivity contribution in [3.05, 3.63) is 57.1 Å². The Labute approximate surface area is 144 Å². The molecule has 0 atom stereocenters. The van der Waals surface area contributed by atoms with Crippen molar-refractivity contribution in [1.29, 1.82) is 0 Å². The molecule has 1 aromatic carbocycles. The first-order chi connectivity index (χ1) is 11.6. The van der Waals surface area contributed by atoms with Gasteiger partial charge in [0.15, 0.2) is 5.13 Å². The van der Waals surface area contributed by atoms with Gasteiger partial charge in [-0.15, -0.1) is 22.7 Å². The number of benzene rings is 1. The van der Waals surface area contributed by atoms with E-state index in [0.717, 1.165) is 16.1 Å². The standard InChI is InChI=1S/C16H12N4O2S2/c1-20-12-5-4-9(7-10(12)18-16(20)22)14(21)19-15-17-11(8-24-15)13-3-2-6-23-13/h2-8H,1H3,(H,18,22)(H,17,19,21). The maximum atomic E-state index is 12.4. The molecule has 8 heteroatoms. The van der Waals surface area contributed by atoms with Gasteiger partial charge < -0.3 is 4.98 Å². The number of aryl methyl sites for hydroxylation is 1. The van der Waals surface area contributed by atoms with Gasteiger partial charge in [-0.1, -0.05) is 6.07 Å². The Morgan fingerprint density at radius 1 is 1.29 bits per heavy atom. The minimum Gasteiger partial charge on any atom is -0.306 e. The van der Waals surface area contributed by atoms with Gasteiger partial charge in [-0.05, 0) is 29.6 Å². The lowest BCUT2D eigenvalue weighted by molar-refractivity contribution is 0.102. The number of thiophene rings is 1. The van der Waals surface area contributed by atoms with Gasteiger partial charge in [-0.3, -0.25) is 14.7 Å². The number of amides is 1. The van der Waals surface area contributed by atoms with Gasteiger partial charge in [-0.2, -0.15) is 0 Å². The van der Waals surface area contributed by atoms with Crippen molar-refractivity contribution in [3.8, 4) is 10.6 Å². The van der Waals surface area contributed by atoms with Crippen LogP contribution in [0.1, 0.15) is 10.4 Å². The molecule has 0 saturated carbocycles. The van der Waals surface area contributed by atoms with Gasteiger partial charge in [-0.25, -0.2) is 9.78 Å². The second-order valence-electron chi connectivity index (χ2n) is 5.19. The number of fused-ring (bicyclic) bond motifs is 1. The third-order valence-electron chi connectivity index (χ3n) is 3.66. The van der Waals surface area contributed by atoms with E-state index in [2.05, 4.69) is 15.3 Å². The number of H-pyrrole nitrogens is 1. The van der Waals surface area contributed by atoms with E-state index in [1.807, 2.05) is 22.9 Å². The Morgan fingerprint density at radius 2 is 2.17 bits per heavy atom. The highest BCUT2D eigenvalue weighted by molar-refractivity contribution is 7.16. The van der Waals surface area contributed by atoms with Crippen molar-refractivity contribution in [2.75, 3.05) is 5.32 Å². The predicted molar refractivity (Wildman–Crippen MR) is 96.9 cm³/mol. The molecule has 3 aromatic heterocycles. The summed E-state index contributed by atoms with van der Waals surface area (Å²) < 4.78 is 1.51. The Balaban J connectivity index is 1.59. The SMILES string of the molecule is Cn1c(=O)[nH]c2cc(C(=O)Nc3nc(-c4cccs4)cs3)ccc21. The highest BCUT2D eigenvalue weighted by Gasteiger charge is 2.12. The highest BCUT2D eigenvalue weighted by atomic mass is 32.1. The molecule has 0 saturated heterocycles. The van der Waals surface area contributed by atoms with Crippen molar-refractivity contribution in [1.82, 2.24) is 14.5 Å². The normalized spacial score (nSPS) is 11.0. The van der Waals surface area contributed by atoms with Crippen LogP contribution in [0.5, 0.6) is 0 Å². The van der Waals surface area contributed by atoms with E-state index in [4.69, 9.17) is 0 Å². The van der Waals surface area contributed by atoms with Crippen molar-refractivity contribution in [3.63, 3.8) is 0 Å². The van der Waals surface area contributed by atoms with Crippen LogP contribution < -0.4 is 11.0 Å². The van der Waals surface area contributed by atoms with Crippen LogP contribution in [0.25, 0.3) is 21.6 Å². The molecule has 0 unspecified atom stereocenters. The van der Waals surface area contributed by atoms with E-state index in [1.54, 1.807) is 36.6 Å². The van der Waals surface area contributed by atoms with Crippen molar-refractivity contribution in [2.45, 2.75) is 0 Å². The van der Waals surface area contributed by atoms with Gasteiger partial charge in [0.25, 0.3) is 5.91 Å². The van der Waals surface area contributed by atoms with Gasteiger partial charge in [0.1, 0.15) is 0 Å². The number of hydrogen-bond acceptors (Lipinski definition) is 5. The van der Waals surface area contributed by atoms with Crippen molar-refractivity contribution in [2.24, 2.45) is 7.05 Å². The Bertz CT molecular complexity index is 1090. The lowest BCUT2D eigenvalue weighted by Gasteiger charge is -2.02. The quantitative estimate of drug-likeness (QED) is 0.591. The average Bonchev–Trinajstić information content (AvgIpc) is 3.29. The summed E-state index contributed by atoms with van der Waals surface area (Å²) in [6.45, 7) is 0. The van der Waals surface area contributed by atoms with Crippen LogP contribution in [0.15, 0.2) is 45.9 Å². The Morgan fingerprint density at radius 3 is 2.96 bits per heavy atom. The number of nitrogens with one attached hydrogen (secondary N) is 2. The van der Waals surface area contributed by atoms with Crippen LogP contribution in [0.2, 0.25) is 0 Å². The van der Waals surface area contributed by atoms with E-state index < -0.39 is 0 Å². The van der Waals surface area contributed by atoms with E-state index in [9.17, 15) is 9.59 Å². The zero-order chi connectivity index (χ0) is 16.7. The molecule has 0 fully saturated rings. The summed E-state index contributed by atoms with van der Waals surface area (Å²) in [7, 11) is 1.68. The highest BCUT2D eigenvalue weighted by Crippen LogP contribution is 2.28. The number of anilines is 1. The lowest BCUT2D eigenvalue weighted by Crippen LogP contribution is -2.11. The molecule has 0 radical (unpaired) electrons. The second kappa shape index (κ2) is 5.73. The van der Waals surface area contributed by atoms with Gasteiger partial charge in [0.2, 0.25) is 0 Å². The molecular formula is C16H12N4O2S2. The van der Waals surface area contributed by atoms with Crippen LogP contribution in [0.4, 0.5) is 5.13 Å². The smallest absolute Gasteiger partial charge is 0.306 e. The summed E-state index contributed by atoms with van der Waals surface area (Å²) in [5.74, 6) is -0.256. The first-order valence-electron chi connectivity index (χ1n) is 7.11. The Kier molecular flexibility index (Phi) is 3.55. The first-order valence-corrected chi connectivity index (χ1v) is 8.87. The monoisotopic (exact) mass is 356 g/mol. The number of thiazole rings is 1.